The molecular weight excluding hydrogens is 273 g/mol. The van der Waals surface area contributed by atoms with E-state index in [0.29, 0.717) is 5.46 Å². The van der Waals surface area contributed by atoms with Crippen molar-refractivity contribution in [2.75, 3.05) is 0 Å². The number of allylic oxidation sites excluding steroid dienone is 2. The number of rotatable bonds is 4. The number of fused-ring (bicyclic) bond motifs is 1. The van der Waals surface area contributed by atoms with E-state index >= 15 is 0 Å². The molecular formula is C18H16BNO2. The van der Waals surface area contributed by atoms with Crippen molar-refractivity contribution in [3.8, 4) is 5.69 Å². The monoisotopic (exact) mass is 289 g/mol. The van der Waals surface area contributed by atoms with E-state index < -0.39 is 7.12 Å². The molecule has 0 atom stereocenters. The first-order valence-corrected chi connectivity index (χ1v) is 7.07. The second-order valence-electron chi connectivity index (χ2n) is 5.02. The van der Waals surface area contributed by atoms with Crippen LogP contribution in [0.4, 0.5) is 0 Å². The molecule has 3 nitrogen and oxygen atoms in total. The lowest BCUT2D eigenvalue weighted by atomic mass is 9.80. The first-order valence-electron chi connectivity index (χ1n) is 7.07. The van der Waals surface area contributed by atoms with Gasteiger partial charge in [0.1, 0.15) is 0 Å². The maximum atomic E-state index is 9.21. The van der Waals surface area contributed by atoms with Crippen LogP contribution in [-0.2, 0) is 0 Å². The summed E-state index contributed by atoms with van der Waals surface area (Å²) in [4.78, 5) is 0. The molecule has 0 saturated heterocycles. The number of hydrogen-bond acceptors (Lipinski definition) is 2. The summed E-state index contributed by atoms with van der Waals surface area (Å²) in [6.45, 7) is 3.71. The lowest BCUT2D eigenvalue weighted by Crippen LogP contribution is -2.29. The van der Waals surface area contributed by atoms with Gasteiger partial charge in [-0.05, 0) is 35.8 Å². The Morgan fingerprint density at radius 2 is 1.73 bits per heavy atom. The molecule has 2 N–H and O–H groups in total. The SMILES string of the molecule is C=C/C=C\c1cc2ccccc2n1-c1ccc(B(O)O)cc1. The van der Waals surface area contributed by atoms with E-state index in [4.69, 9.17) is 0 Å². The van der Waals surface area contributed by atoms with Crippen LogP contribution in [-0.4, -0.2) is 21.7 Å². The van der Waals surface area contributed by atoms with Crippen molar-refractivity contribution in [3.05, 3.63) is 79.0 Å². The van der Waals surface area contributed by atoms with Gasteiger partial charge in [0, 0.05) is 16.8 Å². The van der Waals surface area contributed by atoms with Crippen molar-refractivity contribution >= 4 is 29.6 Å². The second kappa shape index (κ2) is 6.06. The van der Waals surface area contributed by atoms with Crippen LogP contribution < -0.4 is 5.46 Å². The minimum atomic E-state index is -1.45. The second-order valence-corrected chi connectivity index (χ2v) is 5.02. The lowest BCUT2D eigenvalue weighted by molar-refractivity contribution is 0.426. The Balaban J connectivity index is 2.19. The van der Waals surface area contributed by atoms with E-state index in [9.17, 15) is 10.0 Å². The highest BCUT2D eigenvalue weighted by atomic mass is 16.4. The van der Waals surface area contributed by atoms with Gasteiger partial charge in [0.2, 0.25) is 0 Å². The van der Waals surface area contributed by atoms with Gasteiger partial charge in [-0.2, -0.15) is 0 Å². The third kappa shape index (κ3) is 2.62. The molecule has 0 spiro atoms. The average Bonchev–Trinajstić information content (AvgIpc) is 2.91. The van der Waals surface area contributed by atoms with Gasteiger partial charge in [0.25, 0.3) is 0 Å². The Hall–Kier alpha value is -2.56. The minimum absolute atomic E-state index is 0.475. The third-order valence-corrected chi connectivity index (χ3v) is 3.59. The zero-order valence-corrected chi connectivity index (χ0v) is 12.1. The van der Waals surface area contributed by atoms with Crippen LogP contribution in [0, 0.1) is 0 Å². The molecule has 108 valence electrons. The van der Waals surface area contributed by atoms with Gasteiger partial charge in [-0.15, -0.1) is 0 Å². The van der Waals surface area contributed by atoms with Gasteiger partial charge in [-0.1, -0.05) is 49.1 Å². The van der Waals surface area contributed by atoms with Crippen molar-refractivity contribution < 1.29 is 10.0 Å². The van der Waals surface area contributed by atoms with Gasteiger partial charge >= 0.3 is 7.12 Å². The zero-order chi connectivity index (χ0) is 15.5. The Labute approximate surface area is 129 Å². The molecule has 3 rings (SSSR count). The average molecular weight is 289 g/mol. The summed E-state index contributed by atoms with van der Waals surface area (Å²) in [6, 6.07) is 17.5. The molecule has 0 aliphatic heterocycles. The van der Waals surface area contributed by atoms with Crippen molar-refractivity contribution in [2.45, 2.75) is 0 Å². The summed E-state index contributed by atoms with van der Waals surface area (Å²) in [5.74, 6) is 0. The van der Waals surface area contributed by atoms with Crippen LogP contribution in [0.15, 0.2) is 73.3 Å². The van der Waals surface area contributed by atoms with Crippen LogP contribution >= 0.6 is 0 Å². The molecule has 0 unspecified atom stereocenters. The molecule has 0 fully saturated rings. The Morgan fingerprint density at radius 1 is 1.00 bits per heavy atom. The molecule has 0 aliphatic carbocycles. The van der Waals surface area contributed by atoms with Crippen LogP contribution in [0.5, 0.6) is 0 Å². The molecule has 1 aromatic heterocycles. The van der Waals surface area contributed by atoms with E-state index in [1.807, 2.05) is 36.4 Å². The van der Waals surface area contributed by atoms with Crippen molar-refractivity contribution in [1.82, 2.24) is 4.57 Å². The smallest absolute Gasteiger partial charge is 0.423 e. The fourth-order valence-corrected chi connectivity index (χ4v) is 2.55. The normalized spacial score (nSPS) is 11.2. The first-order chi connectivity index (χ1) is 10.7. The molecule has 3 aromatic rings. The summed E-state index contributed by atoms with van der Waals surface area (Å²) in [5.41, 5.74) is 3.58. The topological polar surface area (TPSA) is 45.4 Å². The van der Waals surface area contributed by atoms with E-state index in [1.54, 1.807) is 18.2 Å². The van der Waals surface area contributed by atoms with Gasteiger partial charge < -0.3 is 14.6 Å². The summed E-state index contributed by atoms with van der Waals surface area (Å²) < 4.78 is 2.13. The maximum absolute atomic E-state index is 9.21. The highest BCUT2D eigenvalue weighted by Gasteiger charge is 2.12. The molecule has 0 amide bonds. The van der Waals surface area contributed by atoms with Crippen LogP contribution in [0.25, 0.3) is 22.7 Å². The predicted octanol–water partition coefficient (Wildman–Crippen LogP) is 2.51. The fourth-order valence-electron chi connectivity index (χ4n) is 2.55. The van der Waals surface area contributed by atoms with Gasteiger partial charge in [0.05, 0.1) is 5.52 Å². The van der Waals surface area contributed by atoms with E-state index in [0.717, 1.165) is 22.3 Å². The number of hydrogen-bond donors (Lipinski definition) is 2. The molecule has 0 saturated carbocycles. The number of para-hydroxylation sites is 1. The number of nitrogens with zero attached hydrogens (tertiary/aromatic N) is 1. The van der Waals surface area contributed by atoms with Gasteiger partial charge in [-0.3, -0.25) is 0 Å². The van der Waals surface area contributed by atoms with Crippen molar-refractivity contribution in [2.24, 2.45) is 0 Å². The summed E-state index contributed by atoms with van der Waals surface area (Å²) in [7, 11) is -1.45. The number of aromatic nitrogens is 1. The predicted molar refractivity (Wildman–Crippen MR) is 92.3 cm³/mol. The lowest BCUT2D eigenvalue weighted by Gasteiger charge is -2.10. The molecule has 0 bridgehead atoms. The van der Waals surface area contributed by atoms with Crippen molar-refractivity contribution in [1.29, 1.82) is 0 Å². The van der Waals surface area contributed by atoms with E-state index in [1.165, 1.54) is 0 Å². The molecule has 4 heteroatoms. The third-order valence-electron chi connectivity index (χ3n) is 3.59. The molecule has 1 heterocycles. The summed E-state index contributed by atoms with van der Waals surface area (Å²) >= 11 is 0. The minimum Gasteiger partial charge on any atom is -0.423 e. The van der Waals surface area contributed by atoms with Gasteiger partial charge in [-0.25, -0.2) is 0 Å². The maximum Gasteiger partial charge on any atom is 0.488 e. The summed E-state index contributed by atoms with van der Waals surface area (Å²) in [6.07, 6.45) is 5.64. The standard InChI is InChI=1S/C18H16BNO2/c1-2-3-7-17-13-14-6-4-5-8-18(14)20(17)16-11-9-15(10-12-16)19(21)22/h2-13,21-22H,1H2/b7-3-. The first kappa shape index (κ1) is 14.4. The van der Waals surface area contributed by atoms with Crippen LogP contribution in [0.2, 0.25) is 0 Å². The Kier molecular flexibility index (Phi) is 3.96. The van der Waals surface area contributed by atoms with E-state index in [2.05, 4.69) is 29.3 Å². The summed E-state index contributed by atoms with van der Waals surface area (Å²) in [5, 5.41) is 19.6. The van der Waals surface area contributed by atoms with Gasteiger partial charge in [0.15, 0.2) is 0 Å². The molecule has 0 aliphatic rings. The largest absolute Gasteiger partial charge is 0.488 e. The highest BCUT2D eigenvalue weighted by Crippen LogP contribution is 2.25. The van der Waals surface area contributed by atoms with Crippen molar-refractivity contribution in [3.63, 3.8) is 0 Å². The van der Waals surface area contributed by atoms with Crippen LogP contribution in [0.3, 0.4) is 0 Å². The Morgan fingerprint density at radius 3 is 2.41 bits per heavy atom. The zero-order valence-electron chi connectivity index (χ0n) is 12.1. The fraction of sp³-hybridized carbons (Fsp3) is 0. The van der Waals surface area contributed by atoms with E-state index in [-0.39, 0.29) is 0 Å². The number of benzene rings is 2. The Bertz CT molecular complexity index is 832. The molecule has 0 radical (unpaired) electrons. The quantitative estimate of drug-likeness (QED) is 0.572. The highest BCUT2D eigenvalue weighted by molar-refractivity contribution is 6.58. The van der Waals surface area contributed by atoms with Crippen LogP contribution in [0.1, 0.15) is 5.69 Å². The molecule has 22 heavy (non-hydrogen) atoms. The molecule has 2 aromatic carbocycles.